The van der Waals surface area contributed by atoms with E-state index in [4.69, 9.17) is 24.3 Å². The number of hydrogen-bond acceptors (Lipinski definition) is 7. The second-order valence-corrected chi connectivity index (χ2v) is 11.6. The first-order valence-corrected chi connectivity index (χ1v) is 15.7. The van der Waals surface area contributed by atoms with Gasteiger partial charge in [-0.3, -0.25) is 4.79 Å². The summed E-state index contributed by atoms with van der Waals surface area (Å²) in [6.07, 6.45) is 0.415. The molecular formula is C35H34BrN5O5. The molecule has 1 heterocycles. The first kappa shape index (κ1) is 32.6. The molecule has 4 aromatic rings. The second kappa shape index (κ2) is 15.4. The molecule has 0 bridgehead atoms. The average molecular weight is 685 g/mol. The largest absolute Gasteiger partial charge is 0.497 e. The summed E-state index contributed by atoms with van der Waals surface area (Å²) >= 11 is 3.51. The summed E-state index contributed by atoms with van der Waals surface area (Å²) in [6.45, 7) is 0.790. The number of rotatable bonds is 14. The zero-order valence-corrected chi connectivity index (χ0v) is 26.9. The van der Waals surface area contributed by atoms with Gasteiger partial charge in [-0.1, -0.05) is 69.6 Å². The summed E-state index contributed by atoms with van der Waals surface area (Å²) in [4.78, 5) is 22.6. The maximum absolute atomic E-state index is 14.5. The molecule has 0 unspecified atom stereocenters. The van der Waals surface area contributed by atoms with Gasteiger partial charge in [0.1, 0.15) is 11.5 Å². The molecule has 11 heteroatoms. The van der Waals surface area contributed by atoms with Crippen molar-refractivity contribution in [1.29, 1.82) is 0 Å². The highest BCUT2D eigenvalue weighted by Gasteiger charge is 2.53. The number of benzene rings is 4. The summed E-state index contributed by atoms with van der Waals surface area (Å²) < 4.78 is 18.5. The number of nitrogens with one attached hydrogen (secondary N) is 1. The van der Waals surface area contributed by atoms with Crippen molar-refractivity contribution in [2.75, 3.05) is 26.9 Å². The molecule has 1 amide bonds. The van der Waals surface area contributed by atoms with Crippen molar-refractivity contribution in [2.45, 2.75) is 30.9 Å². The Morgan fingerprint density at radius 3 is 2.59 bits per heavy atom. The number of ether oxygens (including phenoxy) is 3. The number of azide groups is 1. The number of carbonyl (C=O) groups excluding carboxylic acids is 1. The number of halogens is 1. The topological polar surface area (TPSA) is 138 Å². The molecule has 10 nitrogen and oxygen atoms in total. The van der Waals surface area contributed by atoms with E-state index in [0.29, 0.717) is 54.5 Å². The standard InChI is InChI=1S/C35H34BrN5O5/c1-44-30-8-4-6-24(22-30)18-19-38-34(43)35(23-27-7-2-3-9-31(27)40-41-37)32(25-10-14-28(36)15-11-25)46-33(39-35)26-12-16-29(17-13-26)45-21-5-20-42/h2-4,6-17,22,32,42H,5,18-21,23H2,1H3,(H,38,43)/t32-,35-/m1/s1. The minimum absolute atomic E-state index is 0.0483. The van der Waals surface area contributed by atoms with Gasteiger partial charge >= 0.3 is 0 Å². The molecule has 0 radical (unpaired) electrons. The van der Waals surface area contributed by atoms with Gasteiger partial charge < -0.3 is 24.6 Å². The minimum Gasteiger partial charge on any atom is -0.497 e. The molecule has 0 saturated heterocycles. The second-order valence-electron chi connectivity index (χ2n) is 10.7. The van der Waals surface area contributed by atoms with Crippen molar-refractivity contribution in [3.63, 3.8) is 0 Å². The number of hydrogen-bond donors (Lipinski definition) is 2. The molecule has 0 aliphatic carbocycles. The van der Waals surface area contributed by atoms with Crippen LogP contribution in [0.1, 0.15) is 34.8 Å². The lowest BCUT2D eigenvalue weighted by molar-refractivity contribution is -0.128. The van der Waals surface area contributed by atoms with E-state index in [9.17, 15) is 10.3 Å². The predicted molar refractivity (Wildman–Crippen MR) is 180 cm³/mol. The fourth-order valence-corrected chi connectivity index (χ4v) is 5.58. The van der Waals surface area contributed by atoms with E-state index in [0.717, 1.165) is 21.3 Å². The van der Waals surface area contributed by atoms with Crippen molar-refractivity contribution in [2.24, 2.45) is 10.1 Å². The van der Waals surface area contributed by atoms with Crippen LogP contribution in [0.5, 0.6) is 11.5 Å². The first-order valence-electron chi connectivity index (χ1n) is 14.9. The highest BCUT2D eigenvalue weighted by atomic mass is 79.9. The monoisotopic (exact) mass is 683 g/mol. The third kappa shape index (κ3) is 7.69. The van der Waals surface area contributed by atoms with E-state index in [1.54, 1.807) is 31.4 Å². The van der Waals surface area contributed by atoms with Gasteiger partial charge in [-0.15, -0.1) is 0 Å². The SMILES string of the molecule is COc1cccc(CCNC(=O)[C@]2(Cc3ccccc3N=[N+]=[N-])N=C(c3ccc(OCCCO)cc3)O[C@@H]2c2ccc(Br)cc2)c1. The number of amides is 1. The first-order chi connectivity index (χ1) is 22.5. The maximum atomic E-state index is 14.5. The molecule has 4 aromatic carbocycles. The number of aliphatic imine (C=N–C) groups is 1. The van der Waals surface area contributed by atoms with E-state index < -0.39 is 11.6 Å². The van der Waals surface area contributed by atoms with Crippen LogP contribution < -0.4 is 14.8 Å². The third-order valence-corrected chi connectivity index (χ3v) is 8.17. The summed E-state index contributed by atoms with van der Waals surface area (Å²) in [7, 11) is 1.62. The van der Waals surface area contributed by atoms with Gasteiger partial charge in [0.2, 0.25) is 5.90 Å². The van der Waals surface area contributed by atoms with E-state index in [2.05, 4.69) is 31.3 Å². The highest BCUT2D eigenvalue weighted by Crippen LogP contribution is 2.44. The summed E-state index contributed by atoms with van der Waals surface area (Å²) in [5.74, 6) is 1.37. The Hall–Kier alpha value is -4.83. The molecule has 46 heavy (non-hydrogen) atoms. The number of nitrogens with zero attached hydrogens (tertiary/aromatic N) is 4. The Kier molecular flexibility index (Phi) is 10.9. The summed E-state index contributed by atoms with van der Waals surface area (Å²) in [5.41, 5.74) is 11.3. The normalized spacial score (nSPS) is 16.9. The summed E-state index contributed by atoms with van der Waals surface area (Å²) in [6, 6.07) is 29.8. The predicted octanol–water partition coefficient (Wildman–Crippen LogP) is 7.02. The Balaban J connectivity index is 1.54. The van der Waals surface area contributed by atoms with Gasteiger partial charge in [-0.05, 0) is 77.2 Å². The van der Waals surface area contributed by atoms with E-state index in [1.165, 1.54) is 0 Å². The Morgan fingerprint density at radius 1 is 1.07 bits per heavy atom. The molecule has 2 atom stereocenters. The maximum Gasteiger partial charge on any atom is 0.252 e. The Bertz CT molecular complexity index is 1720. The van der Waals surface area contributed by atoms with Gasteiger partial charge in [0, 0.05) is 46.6 Å². The zero-order valence-electron chi connectivity index (χ0n) is 25.3. The van der Waals surface area contributed by atoms with Gasteiger partial charge in [0.15, 0.2) is 11.6 Å². The molecule has 236 valence electrons. The number of methoxy groups -OCH3 is 1. The van der Waals surface area contributed by atoms with Crippen LogP contribution in [-0.4, -0.2) is 49.3 Å². The van der Waals surface area contributed by atoms with Crippen LogP contribution in [0, 0.1) is 0 Å². The molecule has 2 N–H and O–H groups in total. The quantitative estimate of drug-likeness (QED) is 0.0637. The average Bonchev–Trinajstić information content (AvgIpc) is 3.47. The fraction of sp³-hybridized carbons (Fsp3) is 0.257. The van der Waals surface area contributed by atoms with Gasteiger partial charge in [-0.2, -0.15) is 0 Å². The van der Waals surface area contributed by atoms with Crippen molar-refractivity contribution in [1.82, 2.24) is 5.32 Å². The Labute approximate surface area is 275 Å². The lowest BCUT2D eigenvalue weighted by Gasteiger charge is -2.31. The molecule has 1 aliphatic rings. The Morgan fingerprint density at radius 2 is 1.85 bits per heavy atom. The van der Waals surface area contributed by atoms with E-state index >= 15 is 0 Å². The lowest BCUT2D eigenvalue weighted by Crippen LogP contribution is -2.50. The number of carbonyl (C=O) groups is 1. The highest BCUT2D eigenvalue weighted by molar-refractivity contribution is 9.10. The van der Waals surface area contributed by atoms with Crippen molar-refractivity contribution < 1.29 is 24.1 Å². The molecule has 0 spiro atoms. The minimum atomic E-state index is -1.45. The molecule has 1 aliphatic heterocycles. The van der Waals surface area contributed by atoms with Crippen LogP contribution in [0.4, 0.5) is 5.69 Å². The van der Waals surface area contributed by atoms with Crippen LogP contribution in [-0.2, 0) is 22.4 Å². The van der Waals surface area contributed by atoms with Crippen LogP contribution >= 0.6 is 15.9 Å². The van der Waals surface area contributed by atoms with Gasteiger partial charge in [0.25, 0.3) is 5.91 Å². The van der Waals surface area contributed by atoms with Gasteiger partial charge in [-0.25, -0.2) is 4.99 Å². The fourth-order valence-electron chi connectivity index (χ4n) is 5.32. The lowest BCUT2D eigenvalue weighted by atomic mass is 9.81. The van der Waals surface area contributed by atoms with Crippen molar-refractivity contribution in [3.05, 3.63) is 134 Å². The van der Waals surface area contributed by atoms with Crippen LogP contribution in [0.15, 0.2) is 112 Å². The molecule has 0 aromatic heterocycles. The molecule has 0 saturated carbocycles. The van der Waals surface area contributed by atoms with E-state index in [-0.39, 0.29) is 18.9 Å². The summed E-state index contributed by atoms with van der Waals surface area (Å²) in [5, 5.41) is 16.1. The van der Waals surface area contributed by atoms with Crippen LogP contribution in [0.3, 0.4) is 0 Å². The molecular weight excluding hydrogens is 650 g/mol. The van der Waals surface area contributed by atoms with Crippen LogP contribution in [0.25, 0.3) is 10.4 Å². The smallest absolute Gasteiger partial charge is 0.252 e. The molecule has 5 rings (SSSR count). The van der Waals surface area contributed by atoms with Crippen molar-refractivity contribution in [3.8, 4) is 11.5 Å². The van der Waals surface area contributed by atoms with Crippen LogP contribution in [0.2, 0.25) is 0 Å². The molecule has 0 fully saturated rings. The van der Waals surface area contributed by atoms with Crippen molar-refractivity contribution >= 4 is 33.4 Å². The number of aliphatic hydroxyl groups is 1. The number of aliphatic hydroxyl groups excluding tert-OH is 1. The third-order valence-electron chi connectivity index (χ3n) is 7.64. The van der Waals surface area contributed by atoms with Gasteiger partial charge in [0.05, 0.1) is 13.7 Å². The van der Waals surface area contributed by atoms with E-state index in [1.807, 2.05) is 72.8 Å². The zero-order chi connectivity index (χ0) is 32.4.